The number of carbonyl (C=O) groups excluding carboxylic acids is 1. The highest BCUT2D eigenvalue weighted by Gasteiger charge is 2.30. The van der Waals surface area contributed by atoms with Gasteiger partial charge in [0.25, 0.3) is 0 Å². The van der Waals surface area contributed by atoms with Crippen LogP contribution in [0.15, 0.2) is 0 Å². The van der Waals surface area contributed by atoms with Gasteiger partial charge >= 0.3 is 12.0 Å². The summed E-state index contributed by atoms with van der Waals surface area (Å²) in [5.41, 5.74) is 0. The molecule has 104 valence electrons. The first-order valence-corrected chi connectivity index (χ1v) is 6.08. The molecule has 3 N–H and O–H groups in total. The van der Waals surface area contributed by atoms with E-state index in [0.717, 1.165) is 0 Å². The van der Waals surface area contributed by atoms with E-state index in [9.17, 15) is 9.59 Å². The molecule has 0 spiro atoms. The van der Waals surface area contributed by atoms with E-state index in [1.165, 1.54) is 9.80 Å². The van der Waals surface area contributed by atoms with Gasteiger partial charge < -0.3 is 25.1 Å². The standard InChI is InChI=1S/C11H20N2O5/c14-6-4-12(5-7-15)11(18)13-3-1-2-9(8-13)10(16)17/h9,14-15H,1-8H2,(H,16,17)/t9-/m1/s1. The summed E-state index contributed by atoms with van der Waals surface area (Å²) in [6.45, 7) is 0.655. The maximum Gasteiger partial charge on any atom is 0.320 e. The number of carboxylic acid groups (broad SMARTS) is 1. The van der Waals surface area contributed by atoms with Crippen molar-refractivity contribution < 1.29 is 24.9 Å². The number of likely N-dealkylation sites (tertiary alicyclic amines) is 1. The number of hydrogen-bond donors (Lipinski definition) is 3. The van der Waals surface area contributed by atoms with Gasteiger partial charge in [-0.2, -0.15) is 0 Å². The fourth-order valence-corrected chi connectivity index (χ4v) is 2.10. The number of aliphatic carboxylic acids is 1. The molecule has 1 aliphatic rings. The van der Waals surface area contributed by atoms with E-state index in [2.05, 4.69) is 0 Å². The molecule has 1 atom stereocenters. The third-order valence-electron chi connectivity index (χ3n) is 3.05. The van der Waals surface area contributed by atoms with Crippen LogP contribution in [0.3, 0.4) is 0 Å². The molecule has 7 nitrogen and oxygen atoms in total. The smallest absolute Gasteiger partial charge is 0.320 e. The second-order valence-corrected chi connectivity index (χ2v) is 4.34. The molecule has 1 saturated heterocycles. The summed E-state index contributed by atoms with van der Waals surface area (Å²) in [7, 11) is 0. The number of carboxylic acids is 1. The minimum Gasteiger partial charge on any atom is -0.481 e. The van der Waals surface area contributed by atoms with E-state index < -0.39 is 11.9 Å². The molecular weight excluding hydrogens is 240 g/mol. The van der Waals surface area contributed by atoms with Crippen LogP contribution < -0.4 is 0 Å². The number of rotatable bonds is 5. The summed E-state index contributed by atoms with van der Waals surface area (Å²) in [5.74, 6) is -1.41. The van der Waals surface area contributed by atoms with Crippen LogP contribution in [0.5, 0.6) is 0 Å². The number of piperidine rings is 1. The Kier molecular flexibility index (Phi) is 5.87. The van der Waals surface area contributed by atoms with Crippen molar-refractivity contribution in [2.24, 2.45) is 5.92 Å². The van der Waals surface area contributed by atoms with Crippen LogP contribution in [-0.2, 0) is 4.79 Å². The normalized spacial score (nSPS) is 19.7. The molecule has 1 aliphatic heterocycles. The highest BCUT2D eigenvalue weighted by atomic mass is 16.4. The first-order chi connectivity index (χ1) is 8.60. The maximum atomic E-state index is 12.1. The Hall–Kier alpha value is -1.34. The molecule has 0 aromatic rings. The molecule has 1 heterocycles. The molecule has 0 radical (unpaired) electrons. The summed E-state index contributed by atoms with van der Waals surface area (Å²) < 4.78 is 0. The third kappa shape index (κ3) is 3.85. The van der Waals surface area contributed by atoms with Crippen LogP contribution in [-0.4, -0.2) is 76.5 Å². The minimum atomic E-state index is -0.886. The fourth-order valence-electron chi connectivity index (χ4n) is 2.10. The van der Waals surface area contributed by atoms with Gasteiger partial charge in [0.05, 0.1) is 19.1 Å². The Morgan fingerprint density at radius 1 is 1.22 bits per heavy atom. The molecule has 18 heavy (non-hydrogen) atoms. The molecule has 0 bridgehead atoms. The van der Waals surface area contributed by atoms with Gasteiger partial charge in [0, 0.05) is 26.2 Å². The van der Waals surface area contributed by atoms with Crippen molar-refractivity contribution >= 4 is 12.0 Å². The van der Waals surface area contributed by atoms with Crippen LogP contribution in [0.4, 0.5) is 4.79 Å². The van der Waals surface area contributed by atoms with Crippen molar-refractivity contribution in [3.63, 3.8) is 0 Å². The van der Waals surface area contributed by atoms with E-state index in [0.29, 0.717) is 19.4 Å². The highest BCUT2D eigenvalue weighted by Crippen LogP contribution is 2.17. The van der Waals surface area contributed by atoms with E-state index >= 15 is 0 Å². The number of carbonyl (C=O) groups is 2. The largest absolute Gasteiger partial charge is 0.481 e. The van der Waals surface area contributed by atoms with Crippen LogP contribution in [0.25, 0.3) is 0 Å². The molecule has 0 aromatic carbocycles. The molecule has 1 rings (SSSR count). The first-order valence-electron chi connectivity index (χ1n) is 6.08. The van der Waals surface area contributed by atoms with Crippen molar-refractivity contribution in [1.29, 1.82) is 0 Å². The zero-order valence-corrected chi connectivity index (χ0v) is 10.3. The monoisotopic (exact) mass is 260 g/mol. The van der Waals surface area contributed by atoms with Gasteiger partial charge in [-0.25, -0.2) is 4.79 Å². The maximum absolute atomic E-state index is 12.1. The number of urea groups is 1. The average Bonchev–Trinajstić information content (AvgIpc) is 2.38. The van der Waals surface area contributed by atoms with Crippen LogP contribution in [0.1, 0.15) is 12.8 Å². The van der Waals surface area contributed by atoms with Gasteiger partial charge in [-0.05, 0) is 12.8 Å². The zero-order chi connectivity index (χ0) is 13.5. The molecule has 0 unspecified atom stereocenters. The summed E-state index contributed by atoms with van der Waals surface area (Å²) in [6, 6.07) is -0.316. The Bertz CT molecular complexity index is 291. The molecular formula is C11H20N2O5. The SMILES string of the molecule is O=C(O)[C@@H]1CCCN(C(=O)N(CCO)CCO)C1. The minimum absolute atomic E-state index is 0.146. The van der Waals surface area contributed by atoms with E-state index in [1.807, 2.05) is 0 Å². The Morgan fingerprint density at radius 2 is 1.83 bits per heavy atom. The second kappa shape index (κ2) is 7.17. The number of nitrogens with zero attached hydrogens (tertiary/aromatic N) is 2. The Morgan fingerprint density at radius 3 is 2.33 bits per heavy atom. The Labute approximate surface area is 106 Å². The number of amides is 2. The van der Waals surface area contributed by atoms with Crippen molar-refractivity contribution in [1.82, 2.24) is 9.80 Å². The van der Waals surface area contributed by atoms with Gasteiger partial charge in [0.15, 0.2) is 0 Å². The lowest BCUT2D eigenvalue weighted by Gasteiger charge is -2.34. The number of aliphatic hydroxyl groups is 2. The van der Waals surface area contributed by atoms with Gasteiger partial charge in [-0.3, -0.25) is 4.79 Å². The van der Waals surface area contributed by atoms with Gasteiger partial charge in [-0.15, -0.1) is 0 Å². The lowest BCUT2D eigenvalue weighted by Crippen LogP contribution is -2.50. The van der Waals surface area contributed by atoms with Crippen molar-refractivity contribution in [2.75, 3.05) is 39.4 Å². The molecule has 2 amide bonds. The number of aliphatic hydroxyl groups excluding tert-OH is 2. The van der Waals surface area contributed by atoms with Crippen LogP contribution in [0.2, 0.25) is 0 Å². The summed E-state index contributed by atoms with van der Waals surface area (Å²) in [6.07, 6.45) is 1.24. The predicted molar refractivity (Wildman–Crippen MR) is 63.1 cm³/mol. The molecule has 0 aromatic heterocycles. The van der Waals surface area contributed by atoms with Gasteiger partial charge in [0.2, 0.25) is 0 Å². The first kappa shape index (κ1) is 14.7. The lowest BCUT2D eigenvalue weighted by molar-refractivity contribution is -0.143. The lowest BCUT2D eigenvalue weighted by atomic mass is 9.99. The number of hydrogen-bond acceptors (Lipinski definition) is 4. The van der Waals surface area contributed by atoms with Crippen molar-refractivity contribution in [2.45, 2.75) is 12.8 Å². The van der Waals surface area contributed by atoms with Gasteiger partial charge in [0.1, 0.15) is 0 Å². The van der Waals surface area contributed by atoms with Crippen molar-refractivity contribution in [3.8, 4) is 0 Å². The van der Waals surface area contributed by atoms with E-state index in [4.69, 9.17) is 15.3 Å². The molecule has 0 aliphatic carbocycles. The van der Waals surface area contributed by atoms with E-state index in [-0.39, 0.29) is 38.9 Å². The van der Waals surface area contributed by atoms with Crippen molar-refractivity contribution in [3.05, 3.63) is 0 Å². The third-order valence-corrected chi connectivity index (χ3v) is 3.05. The van der Waals surface area contributed by atoms with E-state index in [1.54, 1.807) is 0 Å². The average molecular weight is 260 g/mol. The summed E-state index contributed by atoms with van der Waals surface area (Å²) in [4.78, 5) is 25.8. The predicted octanol–water partition coefficient (Wildman–Crippen LogP) is -0.810. The molecule has 7 heteroatoms. The zero-order valence-electron chi connectivity index (χ0n) is 10.3. The van der Waals surface area contributed by atoms with Gasteiger partial charge in [-0.1, -0.05) is 0 Å². The topological polar surface area (TPSA) is 101 Å². The van der Waals surface area contributed by atoms with Crippen LogP contribution in [0, 0.1) is 5.92 Å². The summed E-state index contributed by atoms with van der Waals surface area (Å²) >= 11 is 0. The molecule has 0 saturated carbocycles. The van der Waals surface area contributed by atoms with Crippen LogP contribution >= 0.6 is 0 Å². The summed E-state index contributed by atoms with van der Waals surface area (Å²) in [5, 5.41) is 26.7. The highest BCUT2D eigenvalue weighted by molar-refractivity contribution is 5.76. The quantitative estimate of drug-likeness (QED) is 0.600. The Balaban J connectivity index is 2.60. The molecule has 1 fully saturated rings. The second-order valence-electron chi connectivity index (χ2n) is 4.34. The fraction of sp³-hybridized carbons (Fsp3) is 0.818.